The van der Waals surface area contributed by atoms with E-state index in [0.29, 0.717) is 5.89 Å². The van der Waals surface area contributed by atoms with Gasteiger partial charge in [0.15, 0.2) is 0 Å². The fourth-order valence-electron chi connectivity index (χ4n) is 5.57. The number of hydrogen-bond acceptors (Lipinski definition) is 6. The van der Waals surface area contributed by atoms with Crippen molar-refractivity contribution in [3.05, 3.63) is 60.6 Å². The Hall–Kier alpha value is -3.51. The van der Waals surface area contributed by atoms with Gasteiger partial charge in [-0.15, -0.1) is 0 Å². The van der Waals surface area contributed by atoms with Crippen LogP contribution >= 0.6 is 0 Å². The number of rotatable bonds is 5. The molecule has 2 saturated carbocycles. The Bertz CT molecular complexity index is 1310. The van der Waals surface area contributed by atoms with Gasteiger partial charge in [0.1, 0.15) is 24.3 Å². The molecule has 230 valence electrons. The molecule has 3 fully saturated rings. The Balaban J connectivity index is 0.000000194. The lowest BCUT2D eigenvalue weighted by atomic mass is 9.89. The standard InChI is InChI=1S/C19H17FN2O2S.C9H14N2O.C6H12/c20-16-5-1-15(2-6-16)19-21-18(13-24-19)14-3-7-17(8-4-14)22-9-11-25(23)12-10-22;10-6-7-11-9(12)8-4-2-1-3-5-8;1-2-4-6-5-3-1/h1-8,13H,9-12H2;8H,1-5,7H2,(H,11,12);1-6H2. The molecule has 7 nitrogen and oxygen atoms in total. The Labute approximate surface area is 257 Å². The quantitative estimate of drug-likeness (QED) is 0.307. The number of nitrogens with one attached hydrogen (secondary N) is 1. The van der Waals surface area contributed by atoms with E-state index in [1.807, 2.05) is 18.2 Å². The van der Waals surface area contributed by atoms with Gasteiger partial charge in [-0.25, -0.2) is 9.37 Å². The van der Waals surface area contributed by atoms with Gasteiger partial charge in [-0.1, -0.05) is 69.9 Å². The maximum Gasteiger partial charge on any atom is 0.226 e. The molecular formula is C34H43FN4O3S. The lowest BCUT2D eigenvalue weighted by molar-refractivity contribution is -0.125. The van der Waals surface area contributed by atoms with E-state index in [2.05, 4.69) is 27.3 Å². The van der Waals surface area contributed by atoms with Crippen LogP contribution in [0, 0.1) is 23.1 Å². The molecule has 6 rings (SSSR count). The first kappa shape index (κ1) is 32.4. The zero-order valence-electron chi connectivity index (χ0n) is 24.9. The Kier molecular flexibility index (Phi) is 13.2. The fourth-order valence-corrected chi connectivity index (χ4v) is 6.62. The number of nitrogens with zero attached hydrogens (tertiary/aromatic N) is 3. The number of carbonyl (C=O) groups is 1. The largest absolute Gasteiger partial charge is 0.444 e. The SMILES string of the molecule is C1CCCCC1.N#CCNC(=O)C1CCCCC1.O=S1CCN(c2ccc(-c3coc(-c4ccc(F)cc4)n3)cc2)CC1. The van der Waals surface area contributed by atoms with Gasteiger partial charge in [-0.05, 0) is 49.2 Å². The molecule has 0 unspecified atom stereocenters. The van der Waals surface area contributed by atoms with E-state index in [4.69, 9.17) is 9.68 Å². The van der Waals surface area contributed by atoms with Crippen molar-refractivity contribution in [2.75, 3.05) is 36.0 Å². The van der Waals surface area contributed by atoms with Gasteiger partial charge in [-0.2, -0.15) is 5.26 Å². The van der Waals surface area contributed by atoms with Gasteiger partial charge >= 0.3 is 0 Å². The number of aromatic nitrogens is 1. The molecule has 43 heavy (non-hydrogen) atoms. The average Bonchev–Trinajstić information content (AvgIpc) is 3.57. The van der Waals surface area contributed by atoms with E-state index in [9.17, 15) is 13.4 Å². The van der Waals surface area contributed by atoms with Crippen molar-refractivity contribution >= 4 is 22.4 Å². The first-order chi connectivity index (χ1) is 21.0. The molecule has 2 aliphatic carbocycles. The number of anilines is 1. The summed E-state index contributed by atoms with van der Waals surface area (Å²) < 4.78 is 30.0. The van der Waals surface area contributed by atoms with Crippen molar-refractivity contribution in [1.29, 1.82) is 5.26 Å². The molecule has 9 heteroatoms. The molecule has 1 aliphatic heterocycles. The van der Waals surface area contributed by atoms with Crippen LogP contribution in [0.4, 0.5) is 10.1 Å². The minimum Gasteiger partial charge on any atom is -0.444 e. The second kappa shape index (κ2) is 17.6. The number of carbonyl (C=O) groups excluding carboxylic acids is 1. The number of benzene rings is 2. The molecule has 1 saturated heterocycles. The maximum atomic E-state index is 13.0. The van der Waals surface area contributed by atoms with Crippen LogP contribution in [0.15, 0.2) is 59.2 Å². The molecule has 0 radical (unpaired) electrons. The van der Waals surface area contributed by atoms with Crippen molar-refractivity contribution in [1.82, 2.24) is 10.3 Å². The van der Waals surface area contributed by atoms with Gasteiger partial charge in [0.25, 0.3) is 0 Å². The van der Waals surface area contributed by atoms with Crippen molar-refractivity contribution in [2.24, 2.45) is 5.92 Å². The van der Waals surface area contributed by atoms with Crippen LogP contribution in [0.1, 0.15) is 70.6 Å². The monoisotopic (exact) mass is 606 g/mol. The van der Waals surface area contributed by atoms with Crippen LogP contribution in [0.2, 0.25) is 0 Å². The van der Waals surface area contributed by atoms with Crippen LogP contribution in [0.5, 0.6) is 0 Å². The van der Waals surface area contributed by atoms with Crippen LogP contribution in [-0.4, -0.2) is 46.2 Å². The highest BCUT2D eigenvalue weighted by Gasteiger charge is 2.20. The third-order valence-corrected chi connectivity index (χ3v) is 9.39. The average molecular weight is 607 g/mol. The van der Waals surface area contributed by atoms with Crippen LogP contribution in [0.3, 0.4) is 0 Å². The highest BCUT2D eigenvalue weighted by atomic mass is 32.2. The molecule has 3 aromatic rings. The zero-order chi connectivity index (χ0) is 30.3. The Morgan fingerprint density at radius 1 is 0.907 bits per heavy atom. The van der Waals surface area contributed by atoms with Gasteiger partial charge < -0.3 is 14.6 Å². The number of halogens is 1. The summed E-state index contributed by atoms with van der Waals surface area (Å²) in [6.45, 7) is 1.80. The lowest BCUT2D eigenvalue weighted by Gasteiger charge is -2.28. The molecule has 0 bridgehead atoms. The summed E-state index contributed by atoms with van der Waals surface area (Å²) in [6, 6.07) is 16.1. The second-order valence-corrected chi connectivity index (χ2v) is 13.0. The van der Waals surface area contributed by atoms with Crippen molar-refractivity contribution in [2.45, 2.75) is 70.6 Å². The Morgan fingerprint density at radius 3 is 2.05 bits per heavy atom. The molecular weight excluding hydrogens is 563 g/mol. The van der Waals surface area contributed by atoms with Crippen LogP contribution in [0.25, 0.3) is 22.7 Å². The fraction of sp³-hybridized carbons (Fsp3) is 0.500. The van der Waals surface area contributed by atoms with E-state index < -0.39 is 10.8 Å². The van der Waals surface area contributed by atoms with E-state index in [1.165, 1.54) is 57.1 Å². The maximum absolute atomic E-state index is 13.0. The number of hydrogen-bond donors (Lipinski definition) is 1. The Morgan fingerprint density at radius 2 is 1.47 bits per heavy atom. The van der Waals surface area contributed by atoms with E-state index in [0.717, 1.165) is 72.8 Å². The van der Waals surface area contributed by atoms with E-state index in [1.54, 1.807) is 18.4 Å². The van der Waals surface area contributed by atoms with Gasteiger partial charge in [0.2, 0.25) is 11.8 Å². The lowest BCUT2D eigenvalue weighted by Crippen LogP contribution is -2.37. The molecule has 1 aromatic heterocycles. The third kappa shape index (κ3) is 10.6. The topological polar surface area (TPSA) is 99.2 Å². The summed E-state index contributed by atoms with van der Waals surface area (Å²) in [5.41, 5.74) is 3.57. The second-order valence-electron chi connectivity index (χ2n) is 11.3. The van der Waals surface area contributed by atoms with Gasteiger partial charge in [-0.3, -0.25) is 9.00 Å². The molecule has 0 spiro atoms. The van der Waals surface area contributed by atoms with Gasteiger partial charge in [0, 0.05) is 58.1 Å². The predicted molar refractivity (Wildman–Crippen MR) is 170 cm³/mol. The summed E-state index contributed by atoms with van der Waals surface area (Å²) >= 11 is 0. The number of amides is 1. The minimum absolute atomic E-state index is 0.0660. The number of nitriles is 1. The summed E-state index contributed by atoms with van der Waals surface area (Å²) in [4.78, 5) is 18.0. The molecule has 0 atom stereocenters. The van der Waals surface area contributed by atoms with Crippen molar-refractivity contribution < 1.29 is 17.8 Å². The minimum atomic E-state index is -0.673. The highest BCUT2D eigenvalue weighted by Crippen LogP contribution is 2.27. The molecule has 1 N–H and O–H groups in total. The normalized spacial score (nSPS) is 17.4. The predicted octanol–water partition coefficient (Wildman–Crippen LogP) is 7.26. The van der Waals surface area contributed by atoms with Crippen LogP contribution < -0.4 is 10.2 Å². The third-order valence-electron chi connectivity index (χ3n) is 8.12. The molecule has 1 amide bonds. The molecule has 3 aliphatic rings. The molecule has 2 aromatic carbocycles. The summed E-state index contributed by atoms with van der Waals surface area (Å²) in [5.74, 6) is 1.88. The van der Waals surface area contributed by atoms with E-state index in [-0.39, 0.29) is 24.2 Å². The van der Waals surface area contributed by atoms with Crippen molar-refractivity contribution in [3.8, 4) is 28.8 Å². The smallest absolute Gasteiger partial charge is 0.226 e. The summed E-state index contributed by atoms with van der Waals surface area (Å²) in [5, 5.41) is 10.9. The zero-order valence-corrected chi connectivity index (χ0v) is 25.8. The highest BCUT2D eigenvalue weighted by molar-refractivity contribution is 7.85. The van der Waals surface area contributed by atoms with E-state index >= 15 is 0 Å². The first-order valence-electron chi connectivity index (χ1n) is 15.6. The summed E-state index contributed by atoms with van der Waals surface area (Å²) in [7, 11) is -0.673. The first-order valence-corrected chi connectivity index (χ1v) is 17.1. The molecule has 2 heterocycles. The van der Waals surface area contributed by atoms with Gasteiger partial charge in [0.05, 0.1) is 6.07 Å². The van der Waals surface area contributed by atoms with Crippen molar-refractivity contribution in [3.63, 3.8) is 0 Å². The summed E-state index contributed by atoms with van der Waals surface area (Å²) in [6.07, 6.45) is 16.2. The van der Waals surface area contributed by atoms with Crippen LogP contribution in [-0.2, 0) is 15.6 Å². The number of oxazole rings is 1.